The van der Waals surface area contributed by atoms with Gasteiger partial charge in [0, 0.05) is 22.7 Å². The van der Waals surface area contributed by atoms with Gasteiger partial charge in [0.1, 0.15) is 5.69 Å². The summed E-state index contributed by atoms with van der Waals surface area (Å²) >= 11 is 1.34. The topological polar surface area (TPSA) is 127 Å². The minimum atomic E-state index is -0.524. The van der Waals surface area contributed by atoms with E-state index in [0.717, 1.165) is 31.2 Å². The number of aromatic nitrogens is 2. The first kappa shape index (κ1) is 16.7. The summed E-state index contributed by atoms with van der Waals surface area (Å²) in [5, 5.41) is 5.23. The zero-order valence-electron chi connectivity index (χ0n) is 13.5. The third kappa shape index (κ3) is 3.34. The molecule has 2 amide bonds. The summed E-state index contributed by atoms with van der Waals surface area (Å²) in [4.78, 5) is 30.9. The summed E-state index contributed by atoms with van der Waals surface area (Å²) in [6.45, 7) is 1.94. The fourth-order valence-corrected chi connectivity index (χ4v) is 3.85. The van der Waals surface area contributed by atoms with Gasteiger partial charge in [-0.15, -0.1) is 11.3 Å². The Kier molecular flexibility index (Phi) is 4.42. The maximum Gasteiger partial charge on any atom is 0.265 e. The van der Waals surface area contributed by atoms with E-state index in [1.165, 1.54) is 11.3 Å². The highest BCUT2D eigenvalue weighted by Crippen LogP contribution is 2.33. The molecule has 6 N–H and O–H groups in total. The molecule has 0 bridgehead atoms. The molecule has 0 aliphatic heterocycles. The number of hydrogen-bond donors (Lipinski definition) is 4. The molecule has 2 heterocycles. The Morgan fingerprint density at radius 1 is 1.46 bits per heavy atom. The quantitative estimate of drug-likeness (QED) is 0.675. The molecule has 2 aromatic rings. The number of H-pyrrole nitrogens is 1. The molecule has 1 saturated carbocycles. The van der Waals surface area contributed by atoms with Crippen molar-refractivity contribution in [1.82, 2.24) is 9.97 Å². The lowest BCUT2D eigenvalue weighted by atomic mass is 9.74. The number of anilines is 1. The zero-order valence-corrected chi connectivity index (χ0v) is 14.3. The fraction of sp³-hybridized carbons (Fsp3) is 0.438. The van der Waals surface area contributed by atoms with Gasteiger partial charge in [0.25, 0.3) is 5.91 Å². The highest BCUT2D eigenvalue weighted by Gasteiger charge is 2.38. The van der Waals surface area contributed by atoms with E-state index >= 15 is 0 Å². The third-order valence-electron chi connectivity index (χ3n) is 4.55. The molecule has 3 rings (SSSR count). The second-order valence-corrected chi connectivity index (χ2v) is 7.36. The van der Waals surface area contributed by atoms with E-state index in [-0.39, 0.29) is 11.8 Å². The van der Waals surface area contributed by atoms with Crippen molar-refractivity contribution in [3.8, 4) is 11.3 Å². The molecule has 0 spiro atoms. The third-order valence-corrected chi connectivity index (χ3v) is 5.31. The summed E-state index contributed by atoms with van der Waals surface area (Å²) in [6, 6.07) is 1.64. The number of aromatic amines is 1. The maximum absolute atomic E-state index is 12.5. The van der Waals surface area contributed by atoms with Crippen LogP contribution in [0, 0.1) is 5.92 Å². The minimum absolute atomic E-state index is 0.0764. The molecule has 0 saturated heterocycles. The Morgan fingerprint density at radius 3 is 2.92 bits per heavy atom. The van der Waals surface area contributed by atoms with Gasteiger partial charge < -0.3 is 21.8 Å². The molecule has 2 atom stereocenters. The monoisotopic (exact) mass is 347 g/mol. The number of nitrogens with zero attached hydrogens (tertiary/aromatic N) is 1. The molecule has 1 aliphatic carbocycles. The molecule has 1 aliphatic rings. The summed E-state index contributed by atoms with van der Waals surface area (Å²) in [5.41, 5.74) is 12.8. The molecule has 8 heteroatoms. The molecule has 0 aromatic carbocycles. The van der Waals surface area contributed by atoms with Crippen LogP contribution in [0.2, 0.25) is 0 Å². The van der Waals surface area contributed by atoms with Crippen LogP contribution in [0.25, 0.3) is 11.3 Å². The van der Waals surface area contributed by atoms with Crippen molar-refractivity contribution in [2.75, 3.05) is 5.32 Å². The van der Waals surface area contributed by atoms with E-state index in [1.54, 1.807) is 12.3 Å². The van der Waals surface area contributed by atoms with Crippen LogP contribution in [0.4, 0.5) is 5.13 Å². The van der Waals surface area contributed by atoms with Crippen molar-refractivity contribution in [2.45, 2.75) is 38.1 Å². The number of nitrogens with one attached hydrogen (secondary N) is 2. The Labute approximate surface area is 143 Å². The number of rotatable bonds is 4. The van der Waals surface area contributed by atoms with Crippen LogP contribution in [0.1, 0.15) is 43.1 Å². The highest BCUT2D eigenvalue weighted by molar-refractivity contribution is 7.14. The van der Waals surface area contributed by atoms with Crippen molar-refractivity contribution in [2.24, 2.45) is 17.4 Å². The normalized spacial score (nSPS) is 23.8. The SMILES string of the molecule is CC1(N)CCCCC1C(=O)Nc1nc(-c2c[nH]c(C(N)=O)c2)cs1. The Morgan fingerprint density at radius 2 is 2.25 bits per heavy atom. The standard InChI is InChI=1S/C16H21N5O2S/c1-16(18)5-3-2-4-10(16)14(23)21-15-20-12(8-24-15)9-6-11(13(17)22)19-7-9/h6-8,10,19H,2-5,18H2,1H3,(H2,17,22)(H,20,21,23). The van der Waals surface area contributed by atoms with Gasteiger partial charge in [-0.1, -0.05) is 12.8 Å². The number of carbonyl (C=O) groups is 2. The van der Waals surface area contributed by atoms with Gasteiger partial charge in [0.05, 0.1) is 11.6 Å². The number of thiazole rings is 1. The average Bonchev–Trinajstić information content (AvgIpc) is 3.15. The van der Waals surface area contributed by atoms with Crippen molar-refractivity contribution < 1.29 is 9.59 Å². The van der Waals surface area contributed by atoms with Crippen molar-refractivity contribution in [3.05, 3.63) is 23.3 Å². The van der Waals surface area contributed by atoms with E-state index < -0.39 is 11.4 Å². The first-order valence-corrected chi connectivity index (χ1v) is 8.78. The number of hydrogen-bond acceptors (Lipinski definition) is 5. The fourth-order valence-electron chi connectivity index (χ4n) is 3.13. The van der Waals surface area contributed by atoms with Crippen LogP contribution in [-0.4, -0.2) is 27.3 Å². The van der Waals surface area contributed by atoms with Crippen LogP contribution < -0.4 is 16.8 Å². The molecule has 1 fully saturated rings. The molecule has 2 aromatic heterocycles. The van der Waals surface area contributed by atoms with Crippen LogP contribution in [-0.2, 0) is 4.79 Å². The van der Waals surface area contributed by atoms with Crippen molar-refractivity contribution in [1.29, 1.82) is 0 Å². The van der Waals surface area contributed by atoms with Crippen LogP contribution in [0.5, 0.6) is 0 Å². The van der Waals surface area contributed by atoms with Gasteiger partial charge in [-0.3, -0.25) is 9.59 Å². The van der Waals surface area contributed by atoms with Gasteiger partial charge in [0.15, 0.2) is 5.13 Å². The molecule has 128 valence electrons. The van der Waals surface area contributed by atoms with Crippen LogP contribution >= 0.6 is 11.3 Å². The van der Waals surface area contributed by atoms with E-state index in [0.29, 0.717) is 16.5 Å². The molecule has 0 radical (unpaired) electrons. The smallest absolute Gasteiger partial charge is 0.265 e. The highest BCUT2D eigenvalue weighted by atomic mass is 32.1. The Balaban J connectivity index is 1.71. The minimum Gasteiger partial charge on any atom is -0.364 e. The van der Waals surface area contributed by atoms with Gasteiger partial charge >= 0.3 is 0 Å². The van der Waals surface area contributed by atoms with Gasteiger partial charge in [0.2, 0.25) is 5.91 Å². The van der Waals surface area contributed by atoms with Gasteiger partial charge in [-0.05, 0) is 25.8 Å². The molecule has 2 unspecified atom stereocenters. The van der Waals surface area contributed by atoms with Gasteiger partial charge in [-0.2, -0.15) is 0 Å². The van der Waals surface area contributed by atoms with E-state index in [9.17, 15) is 9.59 Å². The van der Waals surface area contributed by atoms with E-state index in [2.05, 4.69) is 15.3 Å². The first-order chi connectivity index (χ1) is 11.4. The second-order valence-electron chi connectivity index (χ2n) is 6.50. The van der Waals surface area contributed by atoms with E-state index in [4.69, 9.17) is 11.5 Å². The number of amides is 2. The predicted octanol–water partition coefficient (Wildman–Crippen LogP) is 2.08. The lowest BCUT2D eigenvalue weighted by Gasteiger charge is -2.36. The molecular weight excluding hydrogens is 326 g/mol. The summed E-state index contributed by atoms with van der Waals surface area (Å²) < 4.78 is 0. The predicted molar refractivity (Wildman–Crippen MR) is 93.6 cm³/mol. The summed E-state index contributed by atoms with van der Waals surface area (Å²) in [7, 11) is 0. The van der Waals surface area contributed by atoms with Crippen molar-refractivity contribution >= 4 is 28.3 Å². The van der Waals surface area contributed by atoms with E-state index in [1.807, 2.05) is 12.3 Å². The summed E-state index contributed by atoms with van der Waals surface area (Å²) in [6.07, 6.45) is 5.41. The first-order valence-electron chi connectivity index (χ1n) is 7.91. The molecular formula is C16H21N5O2S. The second kappa shape index (κ2) is 6.37. The Hall–Kier alpha value is -2.19. The summed E-state index contributed by atoms with van der Waals surface area (Å²) in [5.74, 6) is -0.802. The van der Waals surface area contributed by atoms with Crippen molar-refractivity contribution in [3.63, 3.8) is 0 Å². The number of nitrogens with two attached hydrogens (primary N) is 2. The Bertz CT molecular complexity index is 764. The zero-order chi connectivity index (χ0) is 17.3. The lowest BCUT2D eigenvalue weighted by molar-refractivity contribution is -0.122. The number of primary amides is 1. The van der Waals surface area contributed by atoms with Crippen LogP contribution in [0.15, 0.2) is 17.6 Å². The molecule has 24 heavy (non-hydrogen) atoms. The molecule has 7 nitrogen and oxygen atoms in total. The number of carbonyl (C=O) groups excluding carboxylic acids is 2. The largest absolute Gasteiger partial charge is 0.364 e. The lowest BCUT2D eigenvalue weighted by Crippen LogP contribution is -2.51. The average molecular weight is 347 g/mol. The maximum atomic E-state index is 12.5. The van der Waals surface area contributed by atoms with Crippen LogP contribution in [0.3, 0.4) is 0 Å². The van der Waals surface area contributed by atoms with Gasteiger partial charge in [-0.25, -0.2) is 4.98 Å².